The van der Waals surface area contributed by atoms with Crippen molar-refractivity contribution in [2.45, 2.75) is 33.6 Å². The summed E-state index contributed by atoms with van der Waals surface area (Å²) < 4.78 is 25.5. The minimum absolute atomic E-state index is 0.0864. The van der Waals surface area contributed by atoms with E-state index in [0.717, 1.165) is 13.0 Å². The Bertz CT molecular complexity index is 471. The quantitative estimate of drug-likeness (QED) is 0.764. The molecule has 2 N–H and O–H groups in total. The topological polar surface area (TPSA) is 84.0 Å². The second kappa shape index (κ2) is 7.28. The van der Waals surface area contributed by atoms with E-state index in [4.69, 9.17) is 0 Å². The lowest BCUT2D eigenvalue weighted by Crippen LogP contribution is -2.17. The van der Waals surface area contributed by atoms with Crippen molar-refractivity contribution < 1.29 is 8.42 Å². The van der Waals surface area contributed by atoms with Crippen LogP contribution in [0.4, 0.5) is 11.6 Å². The van der Waals surface area contributed by atoms with Crippen LogP contribution in [0.25, 0.3) is 0 Å². The third-order valence-corrected chi connectivity index (χ3v) is 3.89. The molecule has 1 heterocycles. The molecule has 0 amide bonds. The molecule has 0 radical (unpaired) electrons. The van der Waals surface area contributed by atoms with Crippen LogP contribution in [0, 0.1) is 5.92 Å². The summed E-state index contributed by atoms with van der Waals surface area (Å²) in [5.41, 5.74) is 0. The highest BCUT2D eigenvalue weighted by molar-refractivity contribution is 7.92. The molecule has 108 valence electrons. The van der Waals surface area contributed by atoms with Gasteiger partial charge < -0.3 is 5.32 Å². The molecule has 0 aliphatic heterocycles. The van der Waals surface area contributed by atoms with Crippen LogP contribution in [0.2, 0.25) is 0 Å². The fourth-order valence-electron chi connectivity index (χ4n) is 1.45. The van der Waals surface area contributed by atoms with Gasteiger partial charge in [-0.05, 0) is 30.9 Å². The lowest BCUT2D eigenvalue weighted by atomic mass is 10.1. The standard InChI is InChI=1S/C12H22N4O2S/c1-4-9-19(17,18)16-12-6-5-11(14-15-12)13-8-7-10(2)3/h5-6,10H,4,7-9H2,1-3H3,(H,13,14)(H,15,16). The van der Waals surface area contributed by atoms with E-state index in [-0.39, 0.29) is 11.6 Å². The second-order valence-electron chi connectivity index (χ2n) is 4.83. The summed E-state index contributed by atoms with van der Waals surface area (Å²) in [6.07, 6.45) is 1.62. The van der Waals surface area contributed by atoms with Crippen LogP contribution in [0.1, 0.15) is 33.6 Å². The monoisotopic (exact) mass is 286 g/mol. The van der Waals surface area contributed by atoms with Gasteiger partial charge in [-0.2, -0.15) is 0 Å². The molecule has 0 bridgehead atoms. The van der Waals surface area contributed by atoms with Gasteiger partial charge in [0, 0.05) is 6.54 Å². The SMILES string of the molecule is CCCS(=O)(=O)Nc1ccc(NCCC(C)C)nn1. The van der Waals surface area contributed by atoms with Gasteiger partial charge in [0.1, 0.15) is 5.82 Å². The minimum atomic E-state index is -3.30. The summed E-state index contributed by atoms with van der Waals surface area (Å²) in [6.45, 7) is 6.94. The molecule has 6 nitrogen and oxygen atoms in total. The smallest absolute Gasteiger partial charge is 0.233 e. The molecular weight excluding hydrogens is 264 g/mol. The van der Waals surface area contributed by atoms with E-state index < -0.39 is 10.0 Å². The molecule has 0 atom stereocenters. The van der Waals surface area contributed by atoms with E-state index in [1.165, 1.54) is 0 Å². The summed E-state index contributed by atoms with van der Waals surface area (Å²) in [7, 11) is -3.30. The number of sulfonamides is 1. The van der Waals surface area contributed by atoms with Crippen molar-refractivity contribution in [1.82, 2.24) is 10.2 Å². The molecule has 1 aromatic rings. The fourth-order valence-corrected chi connectivity index (χ4v) is 2.52. The van der Waals surface area contributed by atoms with Gasteiger partial charge in [-0.1, -0.05) is 20.8 Å². The summed E-state index contributed by atoms with van der Waals surface area (Å²) >= 11 is 0. The highest BCUT2D eigenvalue weighted by Crippen LogP contribution is 2.09. The van der Waals surface area contributed by atoms with Crippen LogP contribution in [0.3, 0.4) is 0 Å². The van der Waals surface area contributed by atoms with Crippen molar-refractivity contribution in [2.75, 3.05) is 22.3 Å². The van der Waals surface area contributed by atoms with E-state index in [2.05, 4.69) is 34.1 Å². The molecule has 0 saturated heterocycles. The zero-order chi connectivity index (χ0) is 14.3. The number of hydrogen-bond donors (Lipinski definition) is 2. The van der Waals surface area contributed by atoms with Gasteiger partial charge in [-0.3, -0.25) is 4.72 Å². The van der Waals surface area contributed by atoms with Gasteiger partial charge in [0.15, 0.2) is 5.82 Å². The first-order valence-electron chi connectivity index (χ1n) is 6.51. The van der Waals surface area contributed by atoms with Crippen molar-refractivity contribution in [3.8, 4) is 0 Å². The molecule has 0 saturated carbocycles. The summed E-state index contributed by atoms with van der Waals surface area (Å²) in [5, 5.41) is 10.9. The largest absolute Gasteiger partial charge is 0.369 e. The van der Waals surface area contributed by atoms with Crippen molar-refractivity contribution in [3.05, 3.63) is 12.1 Å². The van der Waals surface area contributed by atoms with Crippen molar-refractivity contribution >= 4 is 21.7 Å². The maximum Gasteiger partial charge on any atom is 0.233 e. The number of nitrogens with zero attached hydrogens (tertiary/aromatic N) is 2. The van der Waals surface area contributed by atoms with Gasteiger partial charge in [0.05, 0.1) is 5.75 Å². The van der Waals surface area contributed by atoms with Crippen molar-refractivity contribution in [1.29, 1.82) is 0 Å². The number of nitrogens with one attached hydrogen (secondary N) is 2. The lowest BCUT2D eigenvalue weighted by molar-refractivity contribution is 0.599. The molecular formula is C12H22N4O2S. The molecule has 1 rings (SSSR count). The maximum absolute atomic E-state index is 11.5. The number of hydrogen-bond acceptors (Lipinski definition) is 5. The number of anilines is 2. The maximum atomic E-state index is 11.5. The summed E-state index contributed by atoms with van der Waals surface area (Å²) in [4.78, 5) is 0. The zero-order valence-electron chi connectivity index (χ0n) is 11.7. The first-order chi connectivity index (χ1) is 8.93. The molecule has 7 heteroatoms. The van der Waals surface area contributed by atoms with Crippen molar-refractivity contribution in [3.63, 3.8) is 0 Å². The third kappa shape index (κ3) is 6.37. The molecule has 0 spiro atoms. The molecule has 0 aliphatic rings. The van der Waals surface area contributed by atoms with E-state index in [0.29, 0.717) is 18.2 Å². The van der Waals surface area contributed by atoms with Gasteiger partial charge in [0.25, 0.3) is 0 Å². The molecule has 0 aromatic carbocycles. The Kier molecular flexibility index (Phi) is 6.01. The van der Waals surface area contributed by atoms with Crippen LogP contribution in [0.5, 0.6) is 0 Å². The Morgan fingerprint density at radius 2 is 1.84 bits per heavy atom. The Hall–Kier alpha value is -1.37. The zero-order valence-corrected chi connectivity index (χ0v) is 12.5. The first kappa shape index (κ1) is 15.7. The highest BCUT2D eigenvalue weighted by atomic mass is 32.2. The molecule has 0 aliphatic carbocycles. The van der Waals surface area contributed by atoms with Crippen LogP contribution in [-0.4, -0.2) is 30.9 Å². The van der Waals surface area contributed by atoms with Crippen LogP contribution in [0.15, 0.2) is 12.1 Å². The normalized spacial score (nSPS) is 11.6. The molecule has 19 heavy (non-hydrogen) atoms. The highest BCUT2D eigenvalue weighted by Gasteiger charge is 2.09. The number of rotatable bonds is 8. The van der Waals surface area contributed by atoms with Crippen LogP contribution >= 0.6 is 0 Å². The average Bonchev–Trinajstić information content (AvgIpc) is 2.30. The Morgan fingerprint density at radius 1 is 1.21 bits per heavy atom. The Labute approximate surface area is 115 Å². The summed E-state index contributed by atoms with van der Waals surface area (Å²) in [6, 6.07) is 3.33. The van der Waals surface area contributed by atoms with E-state index in [9.17, 15) is 8.42 Å². The Balaban J connectivity index is 2.52. The predicted molar refractivity (Wildman–Crippen MR) is 77.7 cm³/mol. The van der Waals surface area contributed by atoms with Gasteiger partial charge >= 0.3 is 0 Å². The Morgan fingerprint density at radius 3 is 2.37 bits per heavy atom. The van der Waals surface area contributed by atoms with E-state index >= 15 is 0 Å². The van der Waals surface area contributed by atoms with E-state index in [1.54, 1.807) is 12.1 Å². The van der Waals surface area contributed by atoms with Crippen LogP contribution in [-0.2, 0) is 10.0 Å². The molecule has 0 unspecified atom stereocenters. The first-order valence-corrected chi connectivity index (χ1v) is 8.16. The van der Waals surface area contributed by atoms with Crippen molar-refractivity contribution in [2.24, 2.45) is 5.92 Å². The predicted octanol–water partition coefficient (Wildman–Crippen LogP) is 2.09. The van der Waals surface area contributed by atoms with Crippen LogP contribution < -0.4 is 10.0 Å². The van der Waals surface area contributed by atoms with Gasteiger partial charge in [0.2, 0.25) is 10.0 Å². The third-order valence-electron chi connectivity index (χ3n) is 2.43. The van der Waals surface area contributed by atoms with Gasteiger partial charge in [-0.15, -0.1) is 10.2 Å². The second-order valence-corrected chi connectivity index (χ2v) is 6.68. The molecule has 0 fully saturated rings. The van der Waals surface area contributed by atoms with Gasteiger partial charge in [-0.25, -0.2) is 8.42 Å². The average molecular weight is 286 g/mol. The van der Waals surface area contributed by atoms with E-state index in [1.807, 2.05) is 6.92 Å². The fraction of sp³-hybridized carbons (Fsp3) is 0.667. The summed E-state index contributed by atoms with van der Waals surface area (Å²) in [5.74, 6) is 1.62. The molecule has 1 aromatic heterocycles. The number of aromatic nitrogens is 2. The minimum Gasteiger partial charge on any atom is -0.369 e. The lowest BCUT2D eigenvalue weighted by Gasteiger charge is -2.08.